The molecule has 27 heavy (non-hydrogen) atoms. The van der Waals surface area contributed by atoms with Gasteiger partial charge in [0.05, 0.1) is 5.52 Å². The molecule has 1 unspecified atom stereocenters. The van der Waals surface area contributed by atoms with Gasteiger partial charge in [0.25, 0.3) is 11.8 Å². The topological polar surface area (TPSA) is 57.9 Å². The maximum atomic E-state index is 13.3. The van der Waals surface area contributed by atoms with Gasteiger partial charge in [-0.15, -0.1) is 0 Å². The summed E-state index contributed by atoms with van der Waals surface area (Å²) in [4.78, 5) is 34.4. The fourth-order valence-corrected chi connectivity index (χ4v) is 3.84. The Balaban J connectivity index is 1.97. The van der Waals surface area contributed by atoms with Crippen LogP contribution in [0.2, 0.25) is 0 Å². The number of imidazole rings is 1. The minimum atomic E-state index is -0.144. The van der Waals surface area contributed by atoms with Crippen molar-refractivity contribution in [2.75, 3.05) is 20.1 Å². The summed E-state index contributed by atoms with van der Waals surface area (Å²) in [6, 6.07) is 5.88. The fraction of sp³-hybridized carbons (Fsp3) is 0.571. The second-order valence-corrected chi connectivity index (χ2v) is 7.38. The number of fused-ring (bicyclic) bond motifs is 1. The smallest absolute Gasteiger partial charge is 0.289 e. The fourth-order valence-electron chi connectivity index (χ4n) is 3.84. The molecule has 0 saturated carbocycles. The Morgan fingerprint density at radius 1 is 1.26 bits per heavy atom. The average Bonchev–Trinajstić information content (AvgIpc) is 3.10. The first-order valence-electron chi connectivity index (χ1n) is 10.1. The van der Waals surface area contributed by atoms with Crippen LogP contribution in [0.25, 0.3) is 5.52 Å². The largest absolute Gasteiger partial charge is 0.339 e. The molecule has 0 spiro atoms. The van der Waals surface area contributed by atoms with Crippen molar-refractivity contribution < 1.29 is 9.59 Å². The number of aromatic nitrogens is 2. The van der Waals surface area contributed by atoms with Crippen LogP contribution in [0.15, 0.2) is 24.4 Å². The van der Waals surface area contributed by atoms with Gasteiger partial charge in [0.15, 0.2) is 5.69 Å². The molecule has 2 aromatic rings. The van der Waals surface area contributed by atoms with Gasteiger partial charge in [-0.25, -0.2) is 4.98 Å². The van der Waals surface area contributed by atoms with Crippen LogP contribution in [0, 0.1) is 0 Å². The Hall–Kier alpha value is -2.37. The second-order valence-electron chi connectivity index (χ2n) is 7.38. The minimum absolute atomic E-state index is 0.0551. The standard InChI is InChI=1S/C21H30N4O2/c1-4-6-13-23(3)21(27)19-22-18(17-12-8-10-15-25(17)19)20(26)24-14-9-7-11-16(24)5-2/h8,10,12,15-16H,4-7,9,11,13-14H2,1-3H3. The molecule has 0 aromatic carbocycles. The number of amides is 2. The third-order valence-electron chi connectivity index (χ3n) is 5.50. The van der Waals surface area contributed by atoms with E-state index in [9.17, 15) is 9.59 Å². The predicted molar refractivity (Wildman–Crippen MR) is 106 cm³/mol. The van der Waals surface area contributed by atoms with E-state index in [-0.39, 0.29) is 17.9 Å². The van der Waals surface area contributed by atoms with E-state index in [1.54, 1.807) is 16.3 Å². The summed E-state index contributed by atoms with van der Waals surface area (Å²) in [5.74, 6) is 0.118. The lowest BCUT2D eigenvalue weighted by molar-refractivity contribution is 0.0604. The lowest BCUT2D eigenvalue weighted by Gasteiger charge is -2.34. The number of hydrogen-bond acceptors (Lipinski definition) is 3. The van der Waals surface area contributed by atoms with E-state index in [2.05, 4.69) is 18.8 Å². The summed E-state index contributed by atoms with van der Waals surface area (Å²) in [5.41, 5.74) is 1.10. The van der Waals surface area contributed by atoms with Gasteiger partial charge in [-0.3, -0.25) is 14.0 Å². The van der Waals surface area contributed by atoms with Gasteiger partial charge in [-0.1, -0.05) is 26.3 Å². The van der Waals surface area contributed by atoms with E-state index >= 15 is 0 Å². The highest BCUT2D eigenvalue weighted by Gasteiger charge is 2.30. The van der Waals surface area contributed by atoms with Crippen LogP contribution < -0.4 is 0 Å². The van der Waals surface area contributed by atoms with Gasteiger partial charge in [-0.05, 0) is 44.2 Å². The van der Waals surface area contributed by atoms with E-state index in [0.29, 0.717) is 23.6 Å². The molecule has 1 aliphatic heterocycles. The molecule has 1 fully saturated rings. The second kappa shape index (κ2) is 8.55. The van der Waals surface area contributed by atoms with Gasteiger partial charge in [0.2, 0.25) is 5.82 Å². The number of likely N-dealkylation sites (tertiary alicyclic amines) is 1. The lowest BCUT2D eigenvalue weighted by atomic mass is 9.99. The predicted octanol–water partition coefficient (Wildman–Crippen LogP) is 3.61. The Bertz CT molecular complexity index is 814. The van der Waals surface area contributed by atoms with Crippen LogP contribution in [0.1, 0.15) is 73.5 Å². The van der Waals surface area contributed by atoms with Crippen molar-refractivity contribution in [3.8, 4) is 0 Å². The molecule has 6 heteroatoms. The van der Waals surface area contributed by atoms with Crippen molar-refractivity contribution in [1.29, 1.82) is 0 Å². The number of carbonyl (C=O) groups is 2. The first kappa shape index (κ1) is 19.4. The van der Waals surface area contributed by atoms with Crippen molar-refractivity contribution in [3.63, 3.8) is 0 Å². The van der Waals surface area contributed by atoms with Gasteiger partial charge in [0.1, 0.15) is 0 Å². The molecule has 146 valence electrons. The van der Waals surface area contributed by atoms with Crippen molar-refractivity contribution in [2.24, 2.45) is 0 Å². The van der Waals surface area contributed by atoms with Crippen molar-refractivity contribution in [3.05, 3.63) is 35.9 Å². The molecule has 1 aliphatic rings. The zero-order valence-corrected chi connectivity index (χ0v) is 16.6. The monoisotopic (exact) mass is 370 g/mol. The third-order valence-corrected chi connectivity index (χ3v) is 5.50. The molecule has 2 aromatic heterocycles. The van der Waals surface area contributed by atoms with Gasteiger partial charge < -0.3 is 9.80 Å². The lowest BCUT2D eigenvalue weighted by Crippen LogP contribution is -2.43. The van der Waals surface area contributed by atoms with Crippen LogP contribution in [0.5, 0.6) is 0 Å². The number of unbranched alkanes of at least 4 members (excludes halogenated alkanes) is 1. The summed E-state index contributed by atoms with van der Waals surface area (Å²) >= 11 is 0. The highest BCUT2D eigenvalue weighted by Crippen LogP contribution is 2.24. The van der Waals surface area contributed by atoms with E-state index in [1.807, 2.05) is 29.3 Å². The zero-order chi connectivity index (χ0) is 19.4. The normalized spacial score (nSPS) is 17.3. The highest BCUT2D eigenvalue weighted by atomic mass is 16.2. The molecule has 0 aliphatic carbocycles. The molecular formula is C21H30N4O2. The quantitative estimate of drug-likeness (QED) is 0.780. The van der Waals surface area contributed by atoms with E-state index in [4.69, 9.17) is 0 Å². The SMILES string of the molecule is CCCCN(C)C(=O)c1nc(C(=O)N2CCCCC2CC)c2ccccn12. The van der Waals surface area contributed by atoms with Crippen molar-refractivity contribution >= 4 is 17.3 Å². The first-order chi connectivity index (χ1) is 13.1. The van der Waals surface area contributed by atoms with Gasteiger partial charge in [-0.2, -0.15) is 0 Å². The summed E-state index contributed by atoms with van der Waals surface area (Å²) in [6.45, 7) is 5.68. The minimum Gasteiger partial charge on any atom is -0.339 e. The molecule has 0 N–H and O–H groups in total. The van der Waals surface area contributed by atoms with Crippen LogP contribution in [0.4, 0.5) is 0 Å². The summed E-state index contributed by atoms with van der Waals surface area (Å²) in [6.07, 6.45) is 7.97. The van der Waals surface area contributed by atoms with Crippen molar-refractivity contribution in [1.82, 2.24) is 19.2 Å². The number of hydrogen-bond donors (Lipinski definition) is 0. The molecular weight excluding hydrogens is 340 g/mol. The van der Waals surface area contributed by atoms with E-state index in [0.717, 1.165) is 45.1 Å². The molecule has 0 radical (unpaired) electrons. The maximum Gasteiger partial charge on any atom is 0.289 e. The molecule has 6 nitrogen and oxygen atoms in total. The molecule has 3 heterocycles. The Labute approximate surface area is 161 Å². The Morgan fingerprint density at radius 2 is 2.07 bits per heavy atom. The average molecular weight is 370 g/mol. The van der Waals surface area contributed by atoms with Crippen LogP contribution in [-0.2, 0) is 0 Å². The molecule has 2 amide bonds. The highest BCUT2D eigenvalue weighted by molar-refractivity contribution is 6.02. The summed E-state index contributed by atoms with van der Waals surface area (Å²) < 4.78 is 1.75. The number of nitrogens with zero attached hydrogens (tertiary/aromatic N) is 4. The zero-order valence-electron chi connectivity index (χ0n) is 16.6. The van der Waals surface area contributed by atoms with E-state index in [1.165, 1.54) is 0 Å². The molecule has 1 saturated heterocycles. The summed E-state index contributed by atoms with van der Waals surface area (Å²) in [7, 11) is 1.79. The summed E-state index contributed by atoms with van der Waals surface area (Å²) in [5, 5.41) is 0. The Kier molecular flexibility index (Phi) is 6.14. The first-order valence-corrected chi connectivity index (χ1v) is 10.1. The molecule has 1 atom stereocenters. The van der Waals surface area contributed by atoms with Gasteiger partial charge >= 0.3 is 0 Å². The van der Waals surface area contributed by atoms with Gasteiger partial charge in [0, 0.05) is 32.4 Å². The Morgan fingerprint density at radius 3 is 2.81 bits per heavy atom. The van der Waals surface area contributed by atoms with Crippen LogP contribution in [-0.4, -0.2) is 57.2 Å². The van der Waals surface area contributed by atoms with Crippen LogP contribution >= 0.6 is 0 Å². The molecule has 3 rings (SSSR count). The van der Waals surface area contributed by atoms with E-state index < -0.39 is 0 Å². The van der Waals surface area contributed by atoms with Crippen molar-refractivity contribution in [2.45, 2.75) is 58.4 Å². The van der Waals surface area contributed by atoms with Crippen LogP contribution in [0.3, 0.4) is 0 Å². The number of carbonyl (C=O) groups excluding carboxylic acids is 2. The number of piperidine rings is 1. The number of pyridine rings is 1. The molecule has 0 bridgehead atoms. The maximum absolute atomic E-state index is 13.3. The third kappa shape index (κ3) is 3.84. The number of rotatable bonds is 6.